The summed E-state index contributed by atoms with van der Waals surface area (Å²) in [6, 6.07) is 19.6. The van der Waals surface area contributed by atoms with Gasteiger partial charge in [0, 0.05) is 41.9 Å². The lowest BCUT2D eigenvalue weighted by molar-refractivity contribution is -0.384. The van der Waals surface area contributed by atoms with Crippen LogP contribution in [0, 0.1) is 10.1 Å². The van der Waals surface area contributed by atoms with Crippen molar-refractivity contribution >= 4 is 59.3 Å². The maximum absolute atomic E-state index is 11.4. The van der Waals surface area contributed by atoms with Crippen molar-refractivity contribution < 1.29 is 4.92 Å². The normalized spacial score (nSPS) is 11.5. The number of benzene rings is 3. The Bertz CT molecular complexity index is 1280. The van der Waals surface area contributed by atoms with Gasteiger partial charge in [0.05, 0.1) is 10.5 Å². The molecule has 25 heavy (non-hydrogen) atoms. The molecule has 0 amide bonds. The molecule has 0 atom stereocenters. The maximum atomic E-state index is 11.4. The zero-order chi connectivity index (χ0) is 17.0. The number of rotatable bonds is 2. The molecule has 0 aliphatic heterocycles. The van der Waals surface area contributed by atoms with Gasteiger partial charge in [-0.15, -0.1) is 22.7 Å². The molecule has 2 aromatic heterocycles. The monoisotopic (exact) mass is 361 g/mol. The molecule has 0 fully saturated rings. The summed E-state index contributed by atoms with van der Waals surface area (Å²) in [6.45, 7) is 0. The van der Waals surface area contributed by atoms with Crippen LogP contribution in [-0.2, 0) is 0 Å². The van der Waals surface area contributed by atoms with Crippen molar-refractivity contribution in [1.82, 2.24) is 0 Å². The molecule has 0 spiro atoms. The van der Waals surface area contributed by atoms with Crippen LogP contribution < -0.4 is 0 Å². The first-order chi connectivity index (χ1) is 12.2. The van der Waals surface area contributed by atoms with Gasteiger partial charge in [-0.2, -0.15) is 0 Å². The summed E-state index contributed by atoms with van der Waals surface area (Å²) in [6.07, 6.45) is 0. The summed E-state index contributed by atoms with van der Waals surface area (Å²) < 4.78 is 2.46. The van der Waals surface area contributed by atoms with Crippen molar-refractivity contribution in [3.63, 3.8) is 0 Å². The number of fused-ring (bicyclic) bond motifs is 6. The van der Waals surface area contributed by atoms with Crippen LogP contribution in [0.5, 0.6) is 0 Å². The third-order valence-electron chi connectivity index (χ3n) is 4.47. The molecule has 0 saturated carbocycles. The highest BCUT2D eigenvalue weighted by atomic mass is 32.1. The van der Waals surface area contributed by atoms with Crippen molar-refractivity contribution in [2.75, 3.05) is 0 Å². The van der Waals surface area contributed by atoms with Crippen LogP contribution in [0.25, 0.3) is 41.4 Å². The van der Waals surface area contributed by atoms with Crippen LogP contribution >= 0.6 is 22.7 Å². The molecule has 0 aliphatic rings. The van der Waals surface area contributed by atoms with E-state index >= 15 is 0 Å². The summed E-state index contributed by atoms with van der Waals surface area (Å²) in [7, 11) is 0. The van der Waals surface area contributed by atoms with E-state index in [0.717, 1.165) is 4.88 Å². The first kappa shape index (κ1) is 14.6. The fourth-order valence-electron chi connectivity index (χ4n) is 3.37. The smallest absolute Gasteiger partial charge is 0.258 e. The third-order valence-corrected chi connectivity index (χ3v) is 6.62. The molecule has 5 heteroatoms. The molecule has 2 heterocycles. The Morgan fingerprint density at radius 2 is 1.48 bits per heavy atom. The van der Waals surface area contributed by atoms with E-state index in [0.29, 0.717) is 5.56 Å². The van der Waals surface area contributed by atoms with Gasteiger partial charge in [-0.1, -0.05) is 36.4 Å². The van der Waals surface area contributed by atoms with Crippen molar-refractivity contribution in [3.05, 3.63) is 76.2 Å². The van der Waals surface area contributed by atoms with Crippen LogP contribution in [0.4, 0.5) is 5.69 Å². The van der Waals surface area contributed by atoms with Gasteiger partial charge >= 0.3 is 0 Å². The lowest BCUT2D eigenvalue weighted by Crippen LogP contribution is -1.89. The second kappa shape index (κ2) is 5.37. The quantitative estimate of drug-likeness (QED) is 0.255. The molecule has 5 rings (SSSR count). The van der Waals surface area contributed by atoms with Gasteiger partial charge in [0.15, 0.2) is 0 Å². The van der Waals surface area contributed by atoms with Crippen LogP contribution in [0.3, 0.4) is 0 Å². The van der Waals surface area contributed by atoms with E-state index < -0.39 is 0 Å². The van der Waals surface area contributed by atoms with Crippen molar-refractivity contribution in [2.24, 2.45) is 0 Å². The fourth-order valence-corrected chi connectivity index (χ4v) is 5.57. The Balaban J connectivity index is 1.92. The highest BCUT2D eigenvalue weighted by Gasteiger charge is 2.18. The predicted octanol–water partition coefficient (Wildman–Crippen LogP) is 6.84. The largest absolute Gasteiger partial charge is 0.278 e. The second-order valence-corrected chi connectivity index (χ2v) is 7.81. The van der Waals surface area contributed by atoms with E-state index in [4.69, 9.17) is 0 Å². The van der Waals surface area contributed by atoms with Crippen LogP contribution in [0.1, 0.15) is 0 Å². The van der Waals surface area contributed by atoms with Gasteiger partial charge in [-0.25, -0.2) is 0 Å². The van der Waals surface area contributed by atoms with Crippen molar-refractivity contribution in [1.29, 1.82) is 0 Å². The standard InChI is InChI=1S/C20H11NO2S2/c22-21(23)17-8-4-3-7-15(17)18-11-16-14-9-10-24-19(14)12-5-1-2-6-13(12)20(16)25-18/h1-11H. The van der Waals surface area contributed by atoms with Gasteiger partial charge in [-0.3, -0.25) is 10.1 Å². The number of hydrogen-bond donors (Lipinski definition) is 0. The summed E-state index contributed by atoms with van der Waals surface area (Å²) in [5.74, 6) is 0. The molecule has 0 radical (unpaired) electrons. The summed E-state index contributed by atoms with van der Waals surface area (Å²) in [4.78, 5) is 12.0. The van der Waals surface area contributed by atoms with Gasteiger partial charge in [0.25, 0.3) is 5.69 Å². The third kappa shape index (κ3) is 2.10. The topological polar surface area (TPSA) is 43.1 Å². The predicted molar refractivity (Wildman–Crippen MR) is 107 cm³/mol. The van der Waals surface area contributed by atoms with Crippen molar-refractivity contribution in [2.45, 2.75) is 0 Å². The maximum Gasteiger partial charge on any atom is 0.278 e. The highest BCUT2D eigenvalue weighted by molar-refractivity contribution is 7.24. The summed E-state index contributed by atoms with van der Waals surface area (Å²) >= 11 is 3.37. The highest BCUT2D eigenvalue weighted by Crippen LogP contribution is 2.45. The number of nitrogens with zero attached hydrogens (tertiary/aromatic N) is 1. The van der Waals surface area contributed by atoms with Gasteiger partial charge in [0.2, 0.25) is 0 Å². The molecule has 3 nitrogen and oxygen atoms in total. The minimum Gasteiger partial charge on any atom is -0.258 e. The molecule has 0 N–H and O–H groups in total. The second-order valence-electron chi connectivity index (χ2n) is 5.84. The lowest BCUT2D eigenvalue weighted by Gasteiger charge is -2.01. The van der Waals surface area contributed by atoms with Gasteiger partial charge < -0.3 is 0 Å². The fraction of sp³-hybridized carbons (Fsp3) is 0. The van der Waals surface area contributed by atoms with E-state index in [2.05, 4.69) is 35.7 Å². The number of hydrogen-bond acceptors (Lipinski definition) is 4. The average Bonchev–Trinajstić information content (AvgIpc) is 3.29. The Morgan fingerprint density at radius 3 is 2.28 bits per heavy atom. The van der Waals surface area contributed by atoms with Crippen LogP contribution in [0.15, 0.2) is 66.0 Å². The van der Waals surface area contributed by atoms with E-state index in [9.17, 15) is 10.1 Å². The molecule has 0 bridgehead atoms. The zero-order valence-corrected chi connectivity index (χ0v) is 14.6. The molecule has 3 aromatic carbocycles. The van der Waals surface area contributed by atoms with E-state index in [1.165, 1.54) is 30.9 Å². The van der Waals surface area contributed by atoms with E-state index in [-0.39, 0.29) is 10.6 Å². The molecule has 0 unspecified atom stereocenters. The average molecular weight is 361 g/mol. The molecule has 120 valence electrons. The number of para-hydroxylation sites is 1. The number of thiophene rings is 2. The Kier molecular flexibility index (Phi) is 3.13. The molecule has 0 saturated heterocycles. The molecular weight excluding hydrogens is 350 g/mol. The van der Waals surface area contributed by atoms with Gasteiger partial charge in [-0.05, 0) is 23.6 Å². The SMILES string of the molecule is O=[N+]([O-])c1ccccc1-c1cc2c3ccsc3c3ccccc3c2s1. The molecular formula is C20H11NO2S2. The van der Waals surface area contributed by atoms with E-state index in [1.54, 1.807) is 34.8 Å². The van der Waals surface area contributed by atoms with E-state index in [1.807, 2.05) is 18.2 Å². The number of nitro benzene ring substituents is 1. The van der Waals surface area contributed by atoms with Crippen LogP contribution in [-0.4, -0.2) is 4.92 Å². The zero-order valence-electron chi connectivity index (χ0n) is 12.9. The Morgan fingerprint density at radius 1 is 0.800 bits per heavy atom. The Hall–Kier alpha value is -2.76. The van der Waals surface area contributed by atoms with Crippen LogP contribution in [0.2, 0.25) is 0 Å². The minimum absolute atomic E-state index is 0.153. The molecule has 0 aliphatic carbocycles. The lowest BCUT2D eigenvalue weighted by atomic mass is 10.0. The summed E-state index contributed by atoms with van der Waals surface area (Å²) in [5.41, 5.74) is 0.834. The number of nitro groups is 1. The first-order valence-electron chi connectivity index (χ1n) is 7.79. The minimum atomic E-state index is -0.308. The molecule has 5 aromatic rings. The summed E-state index contributed by atoms with van der Waals surface area (Å²) in [5, 5.41) is 18.4. The van der Waals surface area contributed by atoms with Crippen molar-refractivity contribution in [3.8, 4) is 10.4 Å². The first-order valence-corrected chi connectivity index (χ1v) is 9.49. The Labute approximate surface area is 150 Å². The van der Waals surface area contributed by atoms with Gasteiger partial charge in [0.1, 0.15) is 0 Å².